The van der Waals surface area contributed by atoms with Gasteiger partial charge in [-0.15, -0.1) is 0 Å². The SMILES string of the molecule is CCCCC/C=C\C/C=C\C/C=C\CCCCCCC(=O)O[C@@H](COC(=O)CCCCCCCCC/C=C\CCCCCCCCCC)COC(=O)CCCCCCCCCCCCCCCCC. The zero-order chi connectivity index (χ0) is 50.0. The van der Waals surface area contributed by atoms with Crippen molar-refractivity contribution in [3.63, 3.8) is 0 Å². The normalized spacial score (nSPS) is 12.3. The molecule has 1 atom stereocenters. The van der Waals surface area contributed by atoms with E-state index in [9.17, 15) is 14.4 Å². The van der Waals surface area contributed by atoms with E-state index >= 15 is 0 Å². The molecule has 0 fully saturated rings. The number of esters is 3. The fourth-order valence-corrected chi connectivity index (χ4v) is 8.74. The van der Waals surface area contributed by atoms with Gasteiger partial charge >= 0.3 is 17.9 Å². The van der Waals surface area contributed by atoms with Crippen LogP contribution in [0.3, 0.4) is 0 Å². The number of ether oxygens (including phenoxy) is 3. The molecule has 69 heavy (non-hydrogen) atoms. The van der Waals surface area contributed by atoms with Crippen molar-refractivity contribution in [1.29, 1.82) is 0 Å². The first kappa shape index (κ1) is 66.4. The predicted octanol–water partition coefficient (Wildman–Crippen LogP) is 20.2. The van der Waals surface area contributed by atoms with Gasteiger partial charge in [0.15, 0.2) is 6.10 Å². The van der Waals surface area contributed by atoms with Gasteiger partial charge in [0, 0.05) is 19.3 Å². The molecule has 0 bridgehead atoms. The minimum absolute atomic E-state index is 0.0804. The van der Waals surface area contributed by atoms with E-state index in [4.69, 9.17) is 14.2 Å². The summed E-state index contributed by atoms with van der Waals surface area (Å²) in [5.74, 6) is -0.890. The molecule has 0 amide bonds. The molecule has 0 spiro atoms. The summed E-state index contributed by atoms with van der Waals surface area (Å²) >= 11 is 0. The van der Waals surface area contributed by atoms with E-state index in [1.807, 2.05) is 0 Å². The molecule has 6 heteroatoms. The summed E-state index contributed by atoms with van der Waals surface area (Å²) in [5, 5.41) is 0. The second kappa shape index (κ2) is 57.9. The maximum atomic E-state index is 12.9. The second-order valence-electron chi connectivity index (χ2n) is 20.3. The molecule has 0 heterocycles. The van der Waals surface area contributed by atoms with Crippen molar-refractivity contribution in [1.82, 2.24) is 0 Å². The number of carbonyl (C=O) groups excluding carboxylic acids is 3. The highest BCUT2D eigenvalue weighted by molar-refractivity contribution is 5.71. The number of unbranched alkanes of at least 4 members (excludes halogenated alkanes) is 36. The highest BCUT2D eigenvalue weighted by atomic mass is 16.6. The van der Waals surface area contributed by atoms with Gasteiger partial charge in [-0.2, -0.15) is 0 Å². The molecule has 0 aliphatic rings. The molecule has 0 rings (SSSR count). The Balaban J connectivity index is 4.38. The molecule has 0 aromatic heterocycles. The molecule has 0 saturated heterocycles. The van der Waals surface area contributed by atoms with Crippen LogP contribution in [0.5, 0.6) is 0 Å². The highest BCUT2D eigenvalue weighted by Crippen LogP contribution is 2.16. The number of rotatable bonds is 55. The molecule has 0 saturated carbocycles. The summed E-state index contributed by atoms with van der Waals surface area (Å²) in [6, 6.07) is 0. The van der Waals surface area contributed by atoms with Crippen LogP contribution in [0.4, 0.5) is 0 Å². The average molecular weight is 968 g/mol. The topological polar surface area (TPSA) is 78.9 Å². The average Bonchev–Trinajstić information content (AvgIpc) is 3.35. The number of hydrogen-bond acceptors (Lipinski definition) is 6. The largest absolute Gasteiger partial charge is 0.462 e. The number of hydrogen-bond donors (Lipinski definition) is 0. The third-order valence-corrected chi connectivity index (χ3v) is 13.3. The zero-order valence-corrected chi connectivity index (χ0v) is 46.1. The molecule has 0 aromatic carbocycles. The lowest BCUT2D eigenvalue weighted by molar-refractivity contribution is -0.167. The zero-order valence-electron chi connectivity index (χ0n) is 46.1. The number of allylic oxidation sites excluding steroid dienone is 8. The van der Waals surface area contributed by atoms with E-state index in [-0.39, 0.29) is 31.1 Å². The Morgan fingerprint density at radius 2 is 0.522 bits per heavy atom. The first-order valence-electron chi connectivity index (χ1n) is 30.1. The third kappa shape index (κ3) is 56.2. The summed E-state index contributed by atoms with van der Waals surface area (Å²) in [5.41, 5.74) is 0. The first-order valence-corrected chi connectivity index (χ1v) is 30.1. The van der Waals surface area contributed by atoms with Gasteiger partial charge in [-0.25, -0.2) is 0 Å². The van der Waals surface area contributed by atoms with Crippen molar-refractivity contribution in [3.8, 4) is 0 Å². The Morgan fingerprint density at radius 3 is 0.855 bits per heavy atom. The Bertz CT molecular complexity index is 1200. The van der Waals surface area contributed by atoms with Crippen molar-refractivity contribution in [2.45, 2.75) is 322 Å². The van der Waals surface area contributed by atoms with Gasteiger partial charge in [-0.1, -0.05) is 262 Å². The van der Waals surface area contributed by atoms with Crippen molar-refractivity contribution >= 4 is 17.9 Å². The molecular weight excluding hydrogens is 853 g/mol. The van der Waals surface area contributed by atoms with Gasteiger partial charge in [0.25, 0.3) is 0 Å². The van der Waals surface area contributed by atoms with Gasteiger partial charge in [0.1, 0.15) is 13.2 Å². The molecule has 402 valence electrons. The van der Waals surface area contributed by atoms with Crippen LogP contribution in [0, 0.1) is 0 Å². The van der Waals surface area contributed by atoms with Crippen molar-refractivity contribution in [2.75, 3.05) is 13.2 Å². The van der Waals surface area contributed by atoms with E-state index in [0.717, 1.165) is 83.5 Å². The van der Waals surface area contributed by atoms with Gasteiger partial charge in [-0.05, 0) is 83.5 Å². The molecule has 0 aliphatic carbocycles. The Labute approximate surface area is 428 Å². The van der Waals surface area contributed by atoms with Crippen LogP contribution in [0.1, 0.15) is 316 Å². The molecule has 0 N–H and O–H groups in total. The van der Waals surface area contributed by atoms with Crippen molar-refractivity contribution in [3.05, 3.63) is 48.6 Å². The van der Waals surface area contributed by atoms with Crippen LogP contribution in [-0.4, -0.2) is 37.2 Å². The molecule has 0 aliphatic heterocycles. The minimum atomic E-state index is -0.785. The van der Waals surface area contributed by atoms with E-state index in [1.165, 1.54) is 193 Å². The lowest BCUT2D eigenvalue weighted by Gasteiger charge is -2.18. The molecule has 0 unspecified atom stereocenters. The summed E-state index contributed by atoms with van der Waals surface area (Å²) in [6.45, 7) is 6.63. The van der Waals surface area contributed by atoms with Crippen LogP contribution in [0.2, 0.25) is 0 Å². The summed E-state index contributed by atoms with van der Waals surface area (Å²) in [4.78, 5) is 38.2. The maximum Gasteiger partial charge on any atom is 0.306 e. The van der Waals surface area contributed by atoms with Crippen LogP contribution in [0.25, 0.3) is 0 Å². The van der Waals surface area contributed by atoms with E-state index in [2.05, 4.69) is 69.4 Å². The molecule has 0 aromatic rings. The van der Waals surface area contributed by atoms with Crippen molar-refractivity contribution < 1.29 is 28.6 Å². The van der Waals surface area contributed by atoms with Gasteiger partial charge in [0.05, 0.1) is 0 Å². The number of carbonyl (C=O) groups is 3. The van der Waals surface area contributed by atoms with E-state index in [1.54, 1.807) is 0 Å². The Hall–Kier alpha value is -2.63. The summed E-state index contributed by atoms with van der Waals surface area (Å²) < 4.78 is 16.9. The Kier molecular flexibility index (Phi) is 55.7. The second-order valence-corrected chi connectivity index (χ2v) is 20.3. The lowest BCUT2D eigenvalue weighted by Crippen LogP contribution is -2.30. The molecular formula is C63H114O6. The van der Waals surface area contributed by atoms with Crippen LogP contribution in [-0.2, 0) is 28.6 Å². The van der Waals surface area contributed by atoms with Gasteiger partial charge in [-0.3, -0.25) is 14.4 Å². The molecule has 6 nitrogen and oxygen atoms in total. The van der Waals surface area contributed by atoms with Crippen LogP contribution >= 0.6 is 0 Å². The highest BCUT2D eigenvalue weighted by Gasteiger charge is 2.19. The smallest absolute Gasteiger partial charge is 0.306 e. The fourth-order valence-electron chi connectivity index (χ4n) is 8.74. The monoisotopic (exact) mass is 967 g/mol. The quantitative estimate of drug-likeness (QED) is 0.0262. The maximum absolute atomic E-state index is 12.9. The summed E-state index contributed by atoms with van der Waals surface area (Å²) in [7, 11) is 0. The lowest BCUT2D eigenvalue weighted by atomic mass is 10.0. The van der Waals surface area contributed by atoms with Gasteiger partial charge < -0.3 is 14.2 Å². The van der Waals surface area contributed by atoms with E-state index in [0.29, 0.717) is 19.3 Å². The van der Waals surface area contributed by atoms with Crippen LogP contribution in [0.15, 0.2) is 48.6 Å². The van der Waals surface area contributed by atoms with Crippen molar-refractivity contribution in [2.24, 2.45) is 0 Å². The van der Waals surface area contributed by atoms with E-state index < -0.39 is 6.10 Å². The summed E-state index contributed by atoms with van der Waals surface area (Å²) in [6.07, 6.45) is 71.0. The standard InChI is InChI=1S/C63H114O6/c1-4-7-10-13-16-19-22-25-28-30-31-33-35-38-41-44-47-50-53-56-62(65)68-59-60(58-67-61(64)55-52-49-46-43-40-37-34-27-24-21-18-15-12-9-6-3)69-63(66)57-54-51-48-45-42-39-36-32-29-26-23-20-17-14-11-8-5-2/h17,20,26,29-31,36,39,60H,4-16,18-19,21-25,27-28,32-35,37-38,40-59H2,1-3H3/b20-17-,29-26-,31-30-,39-36-/t60-/m1/s1. The first-order chi connectivity index (χ1) is 34.0. The Morgan fingerprint density at radius 1 is 0.290 bits per heavy atom. The molecule has 0 radical (unpaired) electrons. The fraction of sp³-hybridized carbons (Fsp3) is 0.825. The van der Waals surface area contributed by atoms with Crippen LogP contribution < -0.4 is 0 Å². The van der Waals surface area contributed by atoms with Gasteiger partial charge in [0.2, 0.25) is 0 Å². The predicted molar refractivity (Wildman–Crippen MR) is 298 cm³/mol. The minimum Gasteiger partial charge on any atom is -0.462 e. The third-order valence-electron chi connectivity index (χ3n) is 13.3.